The topological polar surface area (TPSA) is 84.1 Å². The van der Waals surface area contributed by atoms with Crippen LogP contribution in [0.1, 0.15) is 25.2 Å². The number of aromatic nitrogens is 2. The molecule has 114 valence electrons. The molecule has 0 aliphatic heterocycles. The number of H-pyrrole nitrogens is 1. The number of hydrogen-bond donors (Lipinski definition) is 2. The number of nitrogens with zero attached hydrogens (tertiary/aromatic N) is 1. The van der Waals surface area contributed by atoms with Gasteiger partial charge in [0.15, 0.2) is 5.03 Å². The SMILES string of the molecule is CCOc1cc(C)ccc1NS(=O)(=O)c1cnc(CC)[nH]1. The van der Waals surface area contributed by atoms with Crippen LogP contribution in [0.5, 0.6) is 5.75 Å². The lowest BCUT2D eigenvalue weighted by molar-refractivity contribution is 0.342. The highest BCUT2D eigenvalue weighted by Gasteiger charge is 2.19. The molecule has 2 aromatic rings. The van der Waals surface area contributed by atoms with Gasteiger partial charge in [0.1, 0.15) is 11.6 Å². The van der Waals surface area contributed by atoms with E-state index < -0.39 is 10.0 Å². The molecule has 0 saturated heterocycles. The quantitative estimate of drug-likeness (QED) is 0.858. The molecular formula is C14H19N3O3S. The number of nitrogens with one attached hydrogen (secondary N) is 2. The largest absolute Gasteiger partial charge is 0.492 e. The summed E-state index contributed by atoms with van der Waals surface area (Å²) in [5.41, 5.74) is 1.41. The van der Waals surface area contributed by atoms with E-state index in [4.69, 9.17) is 4.74 Å². The molecule has 21 heavy (non-hydrogen) atoms. The van der Waals surface area contributed by atoms with Crippen LogP contribution in [0, 0.1) is 6.92 Å². The Morgan fingerprint density at radius 1 is 1.33 bits per heavy atom. The van der Waals surface area contributed by atoms with Crippen molar-refractivity contribution < 1.29 is 13.2 Å². The maximum atomic E-state index is 12.3. The fraction of sp³-hybridized carbons (Fsp3) is 0.357. The molecule has 0 amide bonds. The first-order valence-corrected chi connectivity index (χ1v) is 8.24. The van der Waals surface area contributed by atoms with Crippen LogP contribution >= 0.6 is 0 Å². The van der Waals surface area contributed by atoms with Gasteiger partial charge in [0.2, 0.25) is 0 Å². The minimum absolute atomic E-state index is 0.0439. The monoisotopic (exact) mass is 309 g/mol. The summed E-state index contributed by atoms with van der Waals surface area (Å²) in [7, 11) is -3.70. The van der Waals surface area contributed by atoms with Crippen molar-refractivity contribution in [2.75, 3.05) is 11.3 Å². The van der Waals surface area contributed by atoms with E-state index in [0.29, 0.717) is 30.3 Å². The van der Waals surface area contributed by atoms with Crippen molar-refractivity contribution >= 4 is 15.7 Å². The molecule has 1 aromatic heterocycles. The van der Waals surface area contributed by atoms with Gasteiger partial charge in [-0.2, -0.15) is 8.42 Å². The number of rotatable bonds is 6. The average molecular weight is 309 g/mol. The first-order chi connectivity index (χ1) is 9.96. The molecule has 6 nitrogen and oxygen atoms in total. The number of ether oxygens (including phenoxy) is 1. The standard InChI is InChI=1S/C14H19N3O3S/c1-4-13-15-9-14(16-13)21(18,19)17-11-7-6-10(3)8-12(11)20-5-2/h6-9,17H,4-5H2,1-3H3,(H,15,16). The van der Waals surface area contributed by atoms with Crippen molar-refractivity contribution in [1.82, 2.24) is 9.97 Å². The fourth-order valence-electron chi connectivity index (χ4n) is 1.85. The van der Waals surface area contributed by atoms with E-state index in [2.05, 4.69) is 14.7 Å². The van der Waals surface area contributed by atoms with E-state index >= 15 is 0 Å². The van der Waals surface area contributed by atoms with Crippen molar-refractivity contribution in [3.8, 4) is 5.75 Å². The highest BCUT2D eigenvalue weighted by atomic mass is 32.2. The zero-order chi connectivity index (χ0) is 15.5. The maximum absolute atomic E-state index is 12.3. The second-order valence-electron chi connectivity index (χ2n) is 4.59. The van der Waals surface area contributed by atoms with Crippen molar-refractivity contribution in [2.24, 2.45) is 0 Å². The molecule has 2 rings (SSSR count). The van der Waals surface area contributed by atoms with Gasteiger partial charge in [0, 0.05) is 6.42 Å². The number of imidazole rings is 1. The Bertz CT molecular complexity index is 723. The number of aryl methyl sites for hydroxylation is 2. The van der Waals surface area contributed by atoms with Crippen LogP contribution in [-0.2, 0) is 16.4 Å². The lowest BCUT2D eigenvalue weighted by atomic mass is 10.2. The Labute approximate surface area is 124 Å². The van der Waals surface area contributed by atoms with Crippen molar-refractivity contribution in [3.05, 3.63) is 35.8 Å². The molecule has 0 aliphatic rings. The van der Waals surface area contributed by atoms with Crippen molar-refractivity contribution in [3.63, 3.8) is 0 Å². The molecule has 0 spiro atoms. The zero-order valence-electron chi connectivity index (χ0n) is 12.3. The highest BCUT2D eigenvalue weighted by Crippen LogP contribution is 2.27. The summed E-state index contributed by atoms with van der Waals surface area (Å²) in [5, 5.41) is 0.0439. The first-order valence-electron chi connectivity index (χ1n) is 6.76. The van der Waals surface area contributed by atoms with Crippen LogP contribution in [0.4, 0.5) is 5.69 Å². The van der Waals surface area contributed by atoms with Gasteiger partial charge in [-0.3, -0.25) is 4.72 Å². The Kier molecular flexibility index (Phi) is 4.52. The normalized spacial score (nSPS) is 11.4. The van der Waals surface area contributed by atoms with E-state index in [1.54, 1.807) is 12.1 Å². The van der Waals surface area contributed by atoms with E-state index in [-0.39, 0.29) is 5.03 Å². The van der Waals surface area contributed by atoms with Crippen LogP contribution in [0.25, 0.3) is 0 Å². The minimum Gasteiger partial charge on any atom is -0.492 e. The van der Waals surface area contributed by atoms with Gasteiger partial charge >= 0.3 is 0 Å². The molecule has 0 atom stereocenters. The summed E-state index contributed by atoms with van der Waals surface area (Å²) in [5.74, 6) is 1.14. The maximum Gasteiger partial charge on any atom is 0.279 e. The summed E-state index contributed by atoms with van der Waals surface area (Å²) < 4.78 is 32.7. The first kappa shape index (κ1) is 15.4. The molecule has 0 saturated carbocycles. The van der Waals surface area contributed by atoms with Gasteiger partial charge < -0.3 is 9.72 Å². The molecule has 0 fully saturated rings. The number of aromatic amines is 1. The predicted octanol–water partition coefficient (Wildman–Crippen LogP) is 2.48. The summed E-state index contributed by atoms with van der Waals surface area (Å²) in [4.78, 5) is 6.79. The predicted molar refractivity (Wildman–Crippen MR) is 81.1 cm³/mol. The number of hydrogen-bond acceptors (Lipinski definition) is 4. The van der Waals surface area contributed by atoms with Crippen LogP contribution in [0.15, 0.2) is 29.4 Å². The second kappa shape index (κ2) is 6.17. The molecule has 0 aliphatic carbocycles. The third-order valence-electron chi connectivity index (χ3n) is 2.91. The van der Waals surface area contributed by atoms with Crippen molar-refractivity contribution in [2.45, 2.75) is 32.2 Å². The van der Waals surface area contributed by atoms with Gasteiger partial charge in [-0.05, 0) is 31.5 Å². The molecule has 1 heterocycles. The van der Waals surface area contributed by atoms with Crippen LogP contribution in [-0.4, -0.2) is 25.0 Å². The second-order valence-corrected chi connectivity index (χ2v) is 6.24. The fourth-order valence-corrected chi connectivity index (χ4v) is 2.86. The van der Waals surface area contributed by atoms with Crippen LogP contribution in [0.2, 0.25) is 0 Å². The number of sulfonamides is 1. The van der Waals surface area contributed by atoms with E-state index in [9.17, 15) is 8.42 Å². The van der Waals surface area contributed by atoms with Gasteiger partial charge in [0.25, 0.3) is 10.0 Å². The van der Waals surface area contributed by atoms with Crippen LogP contribution in [0.3, 0.4) is 0 Å². The summed E-state index contributed by atoms with van der Waals surface area (Å²) in [6, 6.07) is 5.31. The number of benzene rings is 1. The van der Waals surface area contributed by atoms with Gasteiger partial charge in [0.05, 0.1) is 18.5 Å². The molecule has 0 bridgehead atoms. The average Bonchev–Trinajstić information content (AvgIpc) is 2.92. The minimum atomic E-state index is -3.70. The Balaban J connectivity index is 2.32. The lowest BCUT2D eigenvalue weighted by Gasteiger charge is -2.12. The molecule has 0 radical (unpaired) electrons. The van der Waals surface area contributed by atoms with Gasteiger partial charge in [-0.25, -0.2) is 4.98 Å². The van der Waals surface area contributed by atoms with Crippen molar-refractivity contribution in [1.29, 1.82) is 0 Å². The Morgan fingerprint density at radius 2 is 2.10 bits per heavy atom. The third kappa shape index (κ3) is 3.55. The smallest absolute Gasteiger partial charge is 0.279 e. The van der Waals surface area contributed by atoms with E-state index in [1.807, 2.05) is 26.8 Å². The molecule has 1 aromatic carbocycles. The Morgan fingerprint density at radius 3 is 2.71 bits per heavy atom. The summed E-state index contributed by atoms with van der Waals surface area (Å²) in [6.45, 7) is 6.13. The number of anilines is 1. The molecule has 2 N–H and O–H groups in total. The molecular weight excluding hydrogens is 290 g/mol. The molecule has 0 unspecified atom stereocenters. The summed E-state index contributed by atoms with van der Waals surface area (Å²) >= 11 is 0. The highest BCUT2D eigenvalue weighted by molar-refractivity contribution is 7.92. The summed E-state index contributed by atoms with van der Waals surface area (Å²) in [6.07, 6.45) is 1.96. The van der Waals surface area contributed by atoms with Crippen LogP contribution < -0.4 is 9.46 Å². The third-order valence-corrected chi connectivity index (χ3v) is 4.19. The van der Waals surface area contributed by atoms with Gasteiger partial charge in [-0.15, -0.1) is 0 Å². The van der Waals surface area contributed by atoms with E-state index in [1.165, 1.54) is 6.20 Å². The lowest BCUT2D eigenvalue weighted by Crippen LogP contribution is -2.14. The molecule has 7 heteroatoms. The zero-order valence-corrected chi connectivity index (χ0v) is 13.1. The van der Waals surface area contributed by atoms with Gasteiger partial charge in [-0.1, -0.05) is 13.0 Å². The van der Waals surface area contributed by atoms with E-state index in [0.717, 1.165) is 5.56 Å². The Hall–Kier alpha value is -2.02.